The molecule has 1 N–H and O–H groups in total. The Morgan fingerprint density at radius 2 is 2.06 bits per heavy atom. The number of alkyl halides is 1. The maximum atomic E-state index is 13.2. The minimum atomic E-state index is -1.30. The minimum Gasteiger partial charge on any atom is -0.323 e. The van der Waals surface area contributed by atoms with Gasteiger partial charge in [-0.05, 0) is 0 Å². The zero-order chi connectivity index (χ0) is 13.0. The number of carbonyl (C=O) groups excluding carboxylic acids is 1. The third-order valence-corrected chi connectivity index (χ3v) is 2.02. The SMILES string of the molecule is O=C(CCCl)Nc1cc([N+](=O)[O-])c(F)cc1F. The van der Waals surface area contributed by atoms with E-state index in [4.69, 9.17) is 11.6 Å². The molecule has 1 aromatic carbocycles. The van der Waals surface area contributed by atoms with E-state index in [1.54, 1.807) is 0 Å². The first kappa shape index (κ1) is 13.3. The summed E-state index contributed by atoms with van der Waals surface area (Å²) in [7, 11) is 0. The number of nitro groups is 1. The zero-order valence-corrected chi connectivity index (χ0v) is 9.13. The van der Waals surface area contributed by atoms with Crippen LogP contribution in [0.3, 0.4) is 0 Å². The van der Waals surface area contributed by atoms with Crippen LogP contribution >= 0.6 is 11.6 Å². The van der Waals surface area contributed by atoms with E-state index in [1.807, 2.05) is 0 Å². The summed E-state index contributed by atoms with van der Waals surface area (Å²) in [5, 5.41) is 12.5. The van der Waals surface area contributed by atoms with Gasteiger partial charge < -0.3 is 5.32 Å². The molecule has 1 aromatic rings. The number of hydrogen-bond donors (Lipinski definition) is 1. The molecular weight excluding hydrogens is 258 g/mol. The van der Waals surface area contributed by atoms with Crippen molar-refractivity contribution in [2.45, 2.75) is 6.42 Å². The van der Waals surface area contributed by atoms with Crippen molar-refractivity contribution >= 4 is 28.9 Å². The van der Waals surface area contributed by atoms with Crippen LogP contribution in [0.25, 0.3) is 0 Å². The molecule has 0 heterocycles. The second kappa shape index (κ2) is 5.53. The van der Waals surface area contributed by atoms with Crippen LogP contribution in [-0.2, 0) is 4.79 Å². The quantitative estimate of drug-likeness (QED) is 0.516. The lowest BCUT2D eigenvalue weighted by Gasteiger charge is -2.05. The van der Waals surface area contributed by atoms with E-state index in [9.17, 15) is 23.7 Å². The van der Waals surface area contributed by atoms with Crippen molar-refractivity contribution in [1.82, 2.24) is 0 Å². The summed E-state index contributed by atoms with van der Waals surface area (Å²) < 4.78 is 26.1. The van der Waals surface area contributed by atoms with Crippen molar-refractivity contribution in [3.8, 4) is 0 Å². The monoisotopic (exact) mass is 264 g/mol. The Hall–Kier alpha value is -1.76. The number of amides is 1. The first-order valence-electron chi connectivity index (χ1n) is 4.45. The highest BCUT2D eigenvalue weighted by molar-refractivity contribution is 6.19. The number of nitrogens with zero attached hydrogens (tertiary/aromatic N) is 1. The summed E-state index contributed by atoms with van der Waals surface area (Å²) in [5.74, 6) is -2.98. The van der Waals surface area contributed by atoms with Gasteiger partial charge in [0, 0.05) is 24.4 Å². The van der Waals surface area contributed by atoms with Crippen LogP contribution in [0.2, 0.25) is 0 Å². The largest absolute Gasteiger partial charge is 0.323 e. The van der Waals surface area contributed by atoms with Gasteiger partial charge in [-0.1, -0.05) is 0 Å². The Balaban J connectivity index is 3.03. The molecule has 0 unspecified atom stereocenters. The lowest BCUT2D eigenvalue weighted by molar-refractivity contribution is -0.387. The normalized spacial score (nSPS) is 10.1. The molecule has 17 heavy (non-hydrogen) atoms. The van der Waals surface area contributed by atoms with Gasteiger partial charge >= 0.3 is 5.69 Å². The topological polar surface area (TPSA) is 72.2 Å². The Bertz CT molecular complexity index is 468. The fraction of sp³-hybridized carbons (Fsp3) is 0.222. The predicted molar refractivity (Wildman–Crippen MR) is 57.0 cm³/mol. The highest BCUT2D eigenvalue weighted by Crippen LogP contribution is 2.25. The highest BCUT2D eigenvalue weighted by Gasteiger charge is 2.19. The predicted octanol–water partition coefficient (Wildman–Crippen LogP) is 2.44. The van der Waals surface area contributed by atoms with Crippen molar-refractivity contribution in [3.05, 3.63) is 33.9 Å². The van der Waals surface area contributed by atoms with Crippen molar-refractivity contribution in [2.75, 3.05) is 11.2 Å². The minimum absolute atomic E-state index is 0.0245. The molecule has 0 atom stereocenters. The summed E-state index contributed by atoms with van der Waals surface area (Å²) in [6, 6.07) is 0.964. The Labute approximate surface area is 99.5 Å². The molecule has 92 valence electrons. The van der Waals surface area contributed by atoms with Gasteiger partial charge in [0.2, 0.25) is 11.7 Å². The van der Waals surface area contributed by atoms with Gasteiger partial charge in [0.1, 0.15) is 5.82 Å². The number of rotatable bonds is 4. The number of carbonyl (C=O) groups is 1. The maximum Gasteiger partial charge on any atom is 0.307 e. The van der Waals surface area contributed by atoms with Crippen LogP contribution in [-0.4, -0.2) is 16.7 Å². The van der Waals surface area contributed by atoms with E-state index >= 15 is 0 Å². The molecule has 0 saturated carbocycles. The third-order valence-electron chi connectivity index (χ3n) is 1.83. The molecule has 0 aliphatic carbocycles. The molecule has 0 aromatic heterocycles. The molecule has 0 fully saturated rings. The molecule has 1 rings (SSSR count). The summed E-state index contributed by atoms with van der Waals surface area (Å²) in [4.78, 5) is 20.5. The molecule has 0 aliphatic heterocycles. The average molecular weight is 265 g/mol. The van der Waals surface area contributed by atoms with E-state index in [1.165, 1.54) is 0 Å². The van der Waals surface area contributed by atoms with Crippen molar-refractivity contribution in [1.29, 1.82) is 0 Å². The third kappa shape index (κ3) is 3.35. The highest BCUT2D eigenvalue weighted by atomic mass is 35.5. The second-order valence-electron chi connectivity index (χ2n) is 3.03. The van der Waals surface area contributed by atoms with Gasteiger partial charge in [0.25, 0.3) is 0 Å². The molecule has 8 heteroatoms. The van der Waals surface area contributed by atoms with Crippen LogP contribution in [0.4, 0.5) is 20.2 Å². The number of nitro benzene ring substituents is 1. The van der Waals surface area contributed by atoms with Gasteiger partial charge in [0.15, 0.2) is 0 Å². The van der Waals surface area contributed by atoms with E-state index in [2.05, 4.69) is 5.32 Å². The van der Waals surface area contributed by atoms with Crippen molar-refractivity contribution in [3.63, 3.8) is 0 Å². The summed E-state index contributed by atoms with van der Waals surface area (Å²) in [6.07, 6.45) is -0.0772. The van der Waals surface area contributed by atoms with Gasteiger partial charge in [-0.3, -0.25) is 14.9 Å². The summed E-state index contributed by atoms with van der Waals surface area (Å²) in [6.45, 7) is 0. The maximum absolute atomic E-state index is 13.2. The molecule has 0 saturated heterocycles. The van der Waals surface area contributed by atoms with Crippen LogP contribution in [0.1, 0.15) is 6.42 Å². The molecule has 0 aliphatic rings. The molecular formula is C9H7ClF2N2O3. The van der Waals surface area contributed by atoms with E-state index in [-0.39, 0.29) is 12.3 Å². The van der Waals surface area contributed by atoms with Crippen molar-refractivity contribution < 1.29 is 18.5 Å². The first-order chi connectivity index (χ1) is 7.95. The molecule has 0 bridgehead atoms. The molecule has 0 spiro atoms. The van der Waals surface area contributed by atoms with E-state index in [0.717, 1.165) is 0 Å². The van der Waals surface area contributed by atoms with Gasteiger partial charge in [-0.25, -0.2) is 4.39 Å². The fourth-order valence-corrected chi connectivity index (χ4v) is 1.24. The summed E-state index contributed by atoms with van der Waals surface area (Å²) in [5.41, 5.74) is -1.36. The molecule has 0 radical (unpaired) electrons. The average Bonchev–Trinajstić information content (AvgIpc) is 2.21. The Morgan fingerprint density at radius 1 is 1.41 bits per heavy atom. The van der Waals surface area contributed by atoms with E-state index in [0.29, 0.717) is 12.1 Å². The standard InChI is InChI=1S/C9H7ClF2N2O3/c10-2-1-9(15)13-7-4-8(14(16)17)6(12)3-5(7)11/h3-4H,1-2H2,(H,13,15). The van der Waals surface area contributed by atoms with Crippen LogP contribution < -0.4 is 5.32 Å². The Kier molecular flexibility index (Phi) is 4.33. The van der Waals surface area contributed by atoms with Crippen LogP contribution in [0.5, 0.6) is 0 Å². The second-order valence-corrected chi connectivity index (χ2v) is 3.41. The number of nitrogens with one attached hydrogen (secondary N) is 1. The summed E-state index contributed by atoms with van der Waals surface area (Å²) >= 11 is 5.29. The zero-order valence-electron chi connectivity index (χ0n) is 8.37. The van der Waals surface area contributed by atoms with Gasteiger partial charge in [0.05, 0.1) is 10.6 Å². The van der Waals surface area contributed by atoms with Gasteiger partial charge in [-0.15, -0.1) is 11.6 Å². The van der Waals surface area contributed by atoms with Crippen LogP contribution in [0.15, 0.2) is 12.1 Å². The van der Waals surface area contributed by atoms with Gasteiger partial charge in [-0.2, -0.15) is 4.39 Å². The number of benzene rings is 1. The first-order valence-corrected chi connectivity index (χ1v) is 4.98. The smallest absolute Gasteiger partial charge is 0.307 e. The van der Waals surface area contributed by atoms with Crippen molar-refractivity contribution in [2.24, 2.45) is 0 Å². The molecule has 5 nitrogen and oxygen atoms in total. The number of halogens is 3. The Morgan fingerprint density at radius 3 is 2.59 bits per heavy atom. The lowest BCUT2D eigenvalue weighted by Crippen LogP contribution is -2.13. The number of hydrogen-bond acceptors (Lipinski definition) is 3. The fourth-order valence-electron chi connectivity index (χ4n) is 1.07. The van der Waals surface area contributed by atoms with E-state index < -0.39 is 33.8 Å². The van der Waals surface area contributed by atoms with Crippen LogP contribution in [0, 0.1) is 21.7 Å². The number of anilines is 1. The molecule has 1 amide bonds. The lowest BCUT2D eigenvalue weighted by atomic mass is 10.2.